The van der Waals surface area contributed by atoms with Crippen LogP contribution in [0.4, 0.5) is 0 Å². The number of hydrogen-bond acceptors (Lipinski definition) is 1. The number of carbonyl (C=O) groups is 1. The largest absolute Gasteiger partial charge is 0.478 e. The van der Waals surface area contributed by atoms with Crippen LogP contribution in [-0.2, 0) is 4.79 Å². The second-order valence-corrected chi connectivity index (χ2v) is 0.838. The first-order valence-corrected chi connectivity index (χ1v) is 1.63. The van der Waals surface area contributed by atoms with Gasteiger partial charge in [-0.15, -0.1) is 0 Å². The standard InChI is InChI=1S/C4H6O2.Li/c1-2-3-4(5)6;/h2-3H,1H3,(H,5,6);. The second-order valence-electron chi connectivity index (χ2n) is 0.838. The topological polar surface area (TPSA) is 37.3 Å². The predicted octanol–water partition coefficient (Wildman–Crippen LogP) is 0.266. The van der Waals surface area contributed by atoms with Gasteiger partial charge in [0.25, 0.3) is 0 Å². The molecule has 0 aliphatic heterocycles. The molecule has 0 atom stereocenters. The molecule has 0 aromatic carbocycles. The van der Waals surface area contributed by atoms with Crippen LogP contribution in [0, 0.1) is 0 Å². The first-order valence-electron chi connectivity index (χ1n) is 1.63. The number of hydrogen-bond donors (Lipinski definition) is 1. The van der Waals surface area contributed by atoms with Crippen molar-refractivity contribution in [2.45, 2.75) is 6.92 Å². The Morgan fingerprint density at radius 3 is 2.14 bits per heavy atom. The maximum Gasteiger partial charge on any atom is 0.327 e. The van der Waals surface area contributed by atoms with E-state index >= 15 is 0 Å². The molecular formula is C4H6LiO2. The van der Waals surface area contributed by atoms with Gasteiger partial charge in [0.2, 0.25) is 0 Å². The zero-order chi connectivity index (χ0) is 4.99. The number of rotatable bonds is 1. The molecule has 0 aliphatic carbocycles. The fraction of sp³-hybridized carbons (Fsp3) is 0.250. The average Bonchev–Trinajstić information content (AvgIpc) is 1.35. The van der Waals surface area contributed by atoms with E-state index in [0.29, 0.717) is 0 Å². The fourth-order valence-corrected chi connectivity index (χ4v) is 0.143. The predicted molar refractivity (Wildman–Crippen MR) is 28.2 cm³/mol. The molecule has 0 saturated heterocycles. The number of allylic oxidation sites excluding steroid dienone is 1. The van der Waals surface area contributed by atoms with Crippen molar-refractivity contribution in [3.63, 3.8) is 0 Å². The molecule has 7 heavy (non-hydrogen) atoms. The van der Waals surface area contributed by atoms with Crippen LogP contribution in [0.2, 0.25) is 0 Å². The minimum absolute atomic E-state index is 0. The molecule has 0 saturated carbocycles. The Kier molecular flexibility index (Phi) is 8.24. The van der Waals surface area contributed by atoms with E-state index in [0.717, 1.165) is 6.08 Å². The minimum Gasteiger partial charge on any atom is -0.478 e. The van der Waals surface area contributed by atoms with Gasteiger partial charge in [0.05, 0.1) is 0 Å². The molecule has 0 aromatic rings. The molecule has 35 valence electrons. The molecular weight excluding hydrogens is 87.0 g/mol. The van der Waals surface area contributed by atoms with Crippen molar-refractivity contribution in [3.8, 4) is 0 Å². The summed E-state index contributed by atoms with van der Waals surface area (Å²) in [6.07, 6.45) is 2.56. The van der Waals surface area contributed by atoms with Crippen LogP contribution in [0.15, 0.2) is 12.2 Å². The Morgan fingerprint density at radius 2 is 2.14 bits per heavy atom. The van der Waals surface area contributed by atoms with Crippen molar-refractivity contribution < 1.29 is 9.90 Å². The smallest absolute Gasteiger partial charge is 0.327 e. The quantitative estimate of drug-likeness (QED) is 0.373. The van der Waals surface area contributed by atoms with E-state index in [1.165, 1.54) is 6.08 Å². The third-order valence-electron chi connectivity index (χ3n) is 0.309. The van der Waals surface area contributed by atoms with Gasteiger partial charge in [0, 0.05) is 24.9 Å². The van der Waals surface area contributed by atoms with Crippen LogP contribution in [0.25, 0.3) is 0 Å². The van der Waals surface area contributed by atoms with Crippen LogP contribution >= 0.6 is 0 Å². The Labute approximate surface area is 54.4 Å². The van der Waals surface area contributed by atoms with Crippen molar-refractivity contribution in [1.29, 1.82) is 0 Å². The molecule has 0 bridgehead atoms. The monoisotopic (exact) mass is 93.1 g/mol. The molecule has 0 spiro atoms. The van der Waals surface area contributed by atoms with Gasteiger partial charge in [-0.3, -0.25) is 0 Å². The van der Waals surface area contributed by atoms with Gasteiger partial charge in [-0.1, -0.05) is 6.08 Å². The summed E-state index contributed by atoms with van der Waals surface area (Å²) >= 11 is 0. The fourth-order valence-electron chi connectivity index (χ4n) is 0.143. The van der Waals surface area contributed by atoms with E-state index < -0.39 is 5.97 Å². The van der Waals surface area contributed by atoms with E-state index in [1.54, 1.807) is 6.92 Å². The van der Waals surface area contributed by atoms with Gasteiger partial charge in [0.1, 0.15) is 0 Å². The van der Waals surface area contributed by atoms with Crippen LogP contribution in [0.1, 0.15) is 6.92 Å². The molecule has 0 heterocycles. The molecule has 3 heteroatoms. The summed E-state index contributed by atoms with van der Waals surface area (Å²) in [5.41, 5.74) is 0. The first kappa shape index (κ1) is 9.93. The van der Waals surface area contributed by atoms with E-state index in [9.17, 15) is 4.79 Å². The van der Waals surface area contributed by atoms with Crippen LogP contribution in [0.3, 0.4) is 0 Å². The summed E-state index contributed by atoms with van der Waals surface area (Å²) in [6, 6.07) is 0. The summed E-state index contributed by atoms with van der Waals surface area (Å²) in [5.74, 6) is -0.891. The van der Waals surface area contributed by atoms with Gasteiger partial charge >= 0.3 is 5.97 Å². The van der Waals surface area contributed by atoms with Gasteiger partial charge in [-0.2, -0.15) is 0 Å². The number of carboxylic acids is 1. The van der Waals surface area contributed by atoms with Crippen LogP contribution < -0.4 is 0 Å². The third kappa shape index (κ3) is 10.7. The molecule has 1 N–H and O–H groups in total. The zero-order valence-corrected chi connectivity index (χ0v) is 4.51. The summed E-state index contributed by atoms with van der Waals surface area (Å²) in [5, 5.41) is 7.83. The van der Waals surface area contributed by atoms with Gasteiger partial charge in [-0.05, 0) is 6.92 Å². The molecule has 0 aromatic heterocycles. The molecule has 0 aliphatic rings. The van der Waals surface area contributed by atoms with E-state index in [1.807, 2.05) is 0 Å². The van der Waals surface area contributed by atoms with Crippen molar-refractivity contribution in [2.24, 2.45) is 0 Å². The van der Waals surface area contributed by atoms with Crippen molar-refractivity contribution in [3.05, 3.63) is 12.2 Å². The zero-order valence-electron chi connectivity index (χ0n) is 4.51. The maximum atomic E-state index is 9.51. The first-order chi connectivity index (χ1) is 2.77. The summed E-state index contributed by atoms with van der Waals surface area (Å²) in [6.45, 7) is 1.66. The average molecular weight is 93.0 g/mol. The SMILES string of the molecule is CC=CC(=O)O.[Li]. The summed E-state index contributed by atoms with van der Waals surface area (Å²) in [4.78, 5) is 9.51. The minimum atomic E-state index is -0.891. The van der Waals surface area contributed by atoms with E-state index in [4.69, 9.17) is 5.11 Å². The maximum absolute atomic E-state index is 9.51. The normalized spacial score (nSPS) is 8.14. The Morgan fingerprint density at radius 1 is 1.71 bits per heavy atom. The van der Waals surface area contributed by atoms with E-state index in [-0.39, 0.29) is 18.9 Å². The van der Waals surface area contributed by atoms with Crippen LogP contribution in [0.5, 0.6) is 0 Å². The van der Waals surface area contributed by atoms with E-state index in [2.05, 4.69) is 0 Å². The van der Waals surface area contributed by atoms with Crippen molar-refractivity contribution in [2.75, 3.05) is 0 Å². The molecule has 1 radical (unpaired) electrons. The molecule has 2 nitrogen and oxygen atoms in total. The van der Waals surface area contributed by atoms with Gasteiger partial charge in [0.15, 0.2) is 0 Å². The third-order valence-corrected chi connectivity index (χ3v) is 0.309. The molecule has 0 amide bonds. The van der Waals surface area contributed by atoms with Crippen molar-refractivity contribution in [1.82, 2.24) is 0 Å². The summed E-state index contributed by atoms with van der Waals surface area (Å²) in [7, 11) is 0. The Balaban J connectivity index is 0. The van der Waals surface area contributed by atoms with Gasteiger partial charge < -0.3 is 5.11 Å². The second kappa shape index (κ2) is 5.81. The molecule has 0 fully saturated rings. The Hall–Kier alpha value is -0.193. The number of aliphatic carboxylic acids is 1. The van der Waals surface area contributed by atoms with Gasteiger partial charge in [-0.25, -0.2) is 4.79 Å². The molecule has 0 unspecified atom stereocenters. The van der Waals surface area contributed by atoms with Crippen molar-refractivity contribution >= 4 is 24.8 Å². The van der Waals surface area contributed by atoms with Crippen LogP contribution in [-0.4, -0.2) is 29.9 Å². The Bertz CT molecular complexity index is 77.8. The number of carboxylic acid groups (broad SMARTS) is 1. The summed E-state index contributed by atoms with van der Waals surface area (Å²) < 4.78 is 0. The molecule has 0 rings (SSSR count).